The van der Waals surface area contributed by atoms with Crippen molar-refractivity contribution in [1.82, 2.24) is 0 Å². The molecule has 2 aromatic carbocycles. The predicted octanol–water partition coefficient (Wildman–Crippen LogP) is 4.89. The Morgan fingerprint density at radius 3 is 2.40 bits per heavy atom. The van der Waals surface area contributed by atoms with Crippen molar-refractivity contribution in [3.05, 3.63) is 59.7 Å². The molecule has 2 rings (SSSR count). The molecule has 0 N–H and O–H groups in total. The second kappa shape index (κ2) is 10.2. The van der Waals surface area contributed by atoms with Crippen molar-refractivity contribution in [2.45, 2.75) is 32.6 Å². The van der Waals surface area contributed by atoms with Crippen LogP contribution in [0.5, 0.6) is 11.5 Å². The summed E-state index contributed by atoms with van der Waals surface area (Å²) in [5.41, 5.74) is 1.25. The zero-order valence-electron chi connectivity index (χ0n) is 14.7. The summed E-state index contributed by atoms with van der Waals surface area (Å²) in [5, 5.41) is 0. The van der Waals surface area contributed by atoms with Gasteiger partial charge in [-0.3, -0.25) is 4.79 Å². The second-order valence-electron chi connectivity index (χ2n) is 5.74. The number of carbonyl (C=O) groups is 1. The lowest BCUT2D eigenvalue weighted by molar-refractivity contribution is 0.103. The molecule has 0 aliphatic carbocycles. The van der Waals surface area contributed by atoms with Crippen molar-refractivity contribution in [3.63, 3.8) is 0 Å². The normalized spacial score (nSPS) is 10.1. The fourth-order valence-electron chi connectivity index (χ4n) is 2.29. The number of terminal acetylenes is 1. The number of ketones is 1. The molecule has 3 heteroatoms. The van der Waals surface area contributed by atoms with Crippen LogP contribution >= 0.6 is 0 Å². The van der Waals surface area contributed by atoms with Gasteiger partial charge in [-0.1, -0.05) is 25.5 Å². The summed E-state index contributed by atoms with van der Waals surface area (Å²) in [6.07, 6.45) is 8.81. The van der Waals surface area contributed by atoms with Gasteiger partial charge in [0.2, 0.25) is 0 Å². The lowest BCUT2D eigenvalue weighted by atomic mass is 10.0. The minimum absolute atomic E-state index is 0.0279. The zero-order valence-corrected chi connectivity index (χ0v) is 14.7. The van der Waals surface area contributed by atoms with Crippen LogP contribution in [0.15, 0.2) is 48.5 Å². The third-order valence-corrected chi connectivity index (χ3v) is 3.71. The molecule has 0 heterocycles. The maximum Gasteiger partial charge on any atom is 0.193 e. The van der Waals surface area contributed by atoms with E-state index in [1.165, 1.54) is 0 Å². The Bertz CT molecular complexity index is 711. The van der Waals surface area contributed by atoms with Gasteiger partial charge in [-0.15, -0.1) is 12.3 Å². The topological polar surface area (TPSA) is 35.5 Å². The monoisotopic (exact) mass is 336 g/mol. The summed E-state index contributed by atoms with van der Waals surface area (Å²) in [4.78, 5) is 12.6. The summed E-state index contributed by atoms with van der Waals surface area (Å²) in [5.74, 6) is 4.02. The average molecular weight is 336 g/mol. The molecule has 0 fully saturated rings. The van der Waals surface area contributed by atoms with Crippen molar-refractivity contribution < 1.29 is 14.3 Å². The Morgan fingerprint density at radius 2 is 1.68 bits per heavy atom. The smallest absolute Gasteiger partial charge is 0.193 e. The highest BCUT2D eigenvalue weighted by atomic mass is 16.5. The van der Waals surface area contributed by atoms with E-state index in [0.717, 1.165) is 30.8 Å². The van der Waals surface area contributed by atoms with Crippen molar-refractivity contribution in [1.29, 1.82) is 0 Å². The number of benzene rings is 2. The van der Waals surface area contributed by atoms with Crippen LogP contribution in [0.25, 0.3) is 0 Å². The fraction of sp³-hybridized carbons (Fsp3) is 0.318. The highest BCUT2D eigenvalue weighted by molar-refractivity contribution is 6.09. The Hall–Kier alpha value is -2.73. The van der Waals surface area contributed by atoms with Crippen molar-refractivity contribution >= 4 is 5.78 Å². The Morgan fingerprint density at radius 1 is 0.960 bits per heavy atom. The van der Waals surface area contributed by atoms with Crippen LogP contribution in [-0.4, -0.2) is 19.0 Å². The molecule has 0 saturated heterocycles. The van der Waals surface area contributed by atoms with Crippen LogP contribution in [0, 0.1) is 12.3 Å². The molecule has 3 nitrogen and oxygen atoms in total. The van der Waals surface area contributed by atoms with Crippen LogP contribution in [0.4, 0.5) is 0 Å². The number of ether oxygens (including phenoxy) is 2. The molecular weight excluding hydrogens is 312 g/mol. The summed E-state index contributed by atoms with van der Waals surface area (Å²) in [6.45, 7) is 3.36. The third kappa shape index (κ3) is 6.00. The Balaban J connectivity index is 1.98. The summed E-state index contributed by atoms with van der Waals surface area (Å²) >= 11 is 0. The van der Waals surface area contributed by atoms with Crippen molar-refractivity contribution in [3.8, 4) is 23.8 Å². The van der Waals surface area contributed by atoms with E-state index < -0.39 is 0 Å². The molecule has 130 valence electrons. The van der Waals surface area contributed by atoms with Gasteiger partial charge in [0.1, 0.15) is 11.5 Å². The van der Waals surface area contributed by atoms with Gasteiger partial charge in [-0.2, -0.15) is 0 Å². The number of carbonyl (C=O) groups excluding carboxylic acids is 1. The molecule has 0 amide bonds. The Labute approximate surface area is 150 Å². The second-order valence-corrected chi connectivity index (χ2v) is 5.74. The van der Waals surface area contributed by atoms with E-state index in [1.807, 2.05) is 24.3 Å². The van der Waals surface area contributed by atoms with Gasteiger partial charge in [0, 0.05) is 17.5 Å². The van der Waals surface area contributed by atoms with E-state index in [0.29, 0.717) is 30.8 Å². The average Bonchev–Trinajstić information content (AvgIpc) is 2.66. The largest absolute Gasteiger partial charge is 0.494 e. The highest BCUT2D eigenvalue weighted by Gasteiger charge is 2.10. The Kier molecular flexibility index (Phi) is 7.59. The molecule has 0 saturated carbocycles. The molecular formula is C22H24O3. The van der Waals surface area contributed by atoms with Gasteiger partial charge in [0.15, 0.2) is 5.78 Å². The van der Waals surface area contributed by atoms with E-state index in [1.54, 1.807) is 24.3 Å². The van der Waals surface area contributed by atoms with Gasteiger partial charge in [-0.05, 0) is 49.2 Å². The van der Waals surface area contributed by atoms with Gasteiger partial charge >= 0.3 is 0 Å². The fourth-order valence-corrected chi connectivity index (χ4v) is 2.29. The van der Waals surface area contributed by atoms with E-state index in [-0.39, 0.29) is 5.78 Å². The number of unbranched alkanes of at least 4 members (excludes halogenated alkanes) is 2. The molecule has 0 radical (unpaired) electrons. The molecule has 0 aliphatic rings. The lowest BCUT2D eigenvalue weighted by Crippen LogP contribution is -2.03. The van der Waals surface area contributed by atoms with E-state index in [2.05, 4.69) is 12.8 Å². The molecule has 25 heavy (non-hydrogen) atoms. The molecule has 0 bridgehead atoms. The van der Waals surface area contributed by atoms with Crippen LogP contribution in [0.2, 0.25) is 0 Å². The number of hydrogen-bond donors (Lipinski definition) is 0. The molecule has 0 atom stereocenters. The minimum Gasteiger partial charge on any atom is -0.494 e. The van der Waals surface area contributed by atoms with Crippen molar-refractivity contribution in [2.24, 2.45) is 0 Å². The number of hydrogen-bond acceptors (Lipinski definition) is 3. The molecule has 0 spiro atoms. The predicted molar refractivity (Wildman–Crippen MR) is 100 cm³/mol. The highest BCUT2D eigenvalue weighted by Crippen LogP contribution is 2.19. The van der Waals surface area contributed by atoms with Gasteiger partial charge in [-0.25, -0.2) is 0 Å². The minimum atomic E-state index is -0.0279. The standard InChI is InChI=1S/C22H24O3/c1-3-5-7-16-24-20-13-11-18(12-14-20)22(23)19-9-8-10-21(17-19)25-15-6-4-2/h1,8-14,17H,4-7,15-16H2,2H3. The van der Waals surface area contributed by atoms with Gasteiger partial charge < -0.3 is 9.47 Å². The summed E-state index contributed by atoms with van der Waals surface area (Å²) in [6, 6.07) is 14.5. The maximum absolute atomic E-state index is 12.6. The van der Waals surface area contributed by atoms with E-state index in [4.69, 9.17) is 15.9 Å². The first-order valence-electron chi connectivity index (χ1n) is 8.68. The van der Waals surface area contributed by atoms with E-state index in [9.17, 15) is 4.79 Å². The maximum atomic E-state index is 12.6. The lowest BCUT2D eigenvalue weighted by Gasteiger charge is -2.08. The molecule has 0 unspecified atom stereocenters. The van der Waals surface area contributed by atoms with E-state index >= 15 is 0 Å². The zero-order chi connectivity index (χ0) is 17.9. The van der Waals surface area contributed by atoms with Crippen LogP contribution < -0.4 is 9.47 Å². The SMILES string of the molecule is C#CCCCOc1ccc(C(=O)c2cccc(OCCCC)c2)cc1. The molecule has 0 aliphatic heterocycles. The molecule has 2 aromatic rings. The quantitative estimate of drug-likeness (QED) is 0.352. The van der Waals surface area contributed by atoms with Crippen LogP contribution in [0.3, 0.4) is 0 Å². The first kappa shape index (κ1) is 18.6. The first-order chi connectivity index (χ1) is 12.2. The first-order valence-corrected chi connectivity index (χ1v) is 8.68. The van der Waals surface area contributed by atoms with Gasteiger partial charge in [0.05, 0.1) is 13.2 Å². The van der Waals surface area contributed by atoms with Crippen LogP contribution in [-0.2, 0) is 0 Å². The molecule has 0 aromatic heterocycles. The summed E-state index contributed by atoms with van der Waals surface area (Å²) in [7, 11) is 0. The van der Waals surface area contributed by atoms with Crippen molar-refractivity contribution in [2.75, 3.05) is 13.2 Å². The number of rotatable bonds is 10. The van der Waals surface area contributed by atoms with Crippen LogP contribution in [0.1, 0.15) is 48.5 Å². The third-order valence-electron chi connectivity index (χ3n) is 3.71. The van der Waals surface area contributed by atoms with Gasteiger partial charge in [0.25, 0.3) is 0 Å². The summed E-state index contributed by atoms with van der Waals surface area (Å²) < 4.78 is 11.3.